The maximum absolute atomic E-state index is 5.45. The average Bonchev–Trinajstić information content (AvgIpc) is 4.14. The number of nitrogens with zero attached hydrogens (tertiary/aromatic N) is 5. The first-order valence-corrected chi connectivity index (χ1v) is 26.3. The van der Waals surface area contributed by atoms with Gasteiger partial charge < -0.3 is 9.13 Å². The highest BCUT2D eigenvalue weighted by Gasteiger charge is 2.22. The SMILES string of the molecule is C=c1ccccc2c(c(=C)n1-c1c(-c3ccccc3)cc(-c3nc(-c4ccc5c(c4)sc4ccccc45)nc(-c4ccc5c(c4)sc4ccccc45)n3)cc1-c1ccccc1)c1ccccc1n2-c1ccccc1. The van der Waals surface area contributed by atoms with E-state index in [-0.39, 0.29) is 0 Å². The summed E-state index contributed by atoms with van der Waals surface area (Å²) in [5, 5.41) is 8.62. The van der Waals surface area contributed by atoms with Crippen LogP contribution < -0.4 is 10.7 Å². The Kier molecular flexibility index (Phi) is 10.5. The van der Waals surface area contributed by atoms with Gasteiger partial charge in [0.1, 0.15) is 0 Å². The number of benzene rings is 9. The Hall–Kier alpha value is -9.27. The Balaban J connectivity index is 1.07. The average molecular weight is 982 g/mol. The van der Waals surface area contributed by atoms with Crippen molar-refractivity contribution in [2.24, 2.45) is 0 Å². The number of fused-ring (bicyclic) bond motifs is 9. The minimum Gasteiger partial charge on any atom is -0.310 e. The molecule has 5 nitrogen and oxygen atoms in total. The number of hydrogen-bond donors (Lipinski definition) is 0. The molecule has 0 unspecified atom stereocenters. The minimum atomic E-state index is 0.568. The zero-order chi connectivity index (χ0) is 49.3. The molecule has 0 saturated heterocycles. The summed E-state index contributed by atoms with van der Waals surface area (Å²) >= 11 is 3.58. The van der Waals surface area contributed by atoms with E-state index in [2.05, 4.69) is 246 Å². The predicted molar refractivity (Wildman–Crippen MR) is 314 cm³/mol. The molecule has 0 amide bonds. The van der Waals surface area contributed by atoms with E-state index in [0.717, 1.165) is 82.8 Å². The summed E-state index contributed by atoms with van der Waals surface area (Å²) in [6.07, 6.45) is 0. The van der Waals surface area contributed by atoms with E-state index in [4.69, 9.17) is 28.1 Å². The van der Waals surface area contributed by atoms with Crippen LogP contribution in [0.2, 0.25) is 0 Å². The highest BCUT2D eigenvalue weighted by atomic mass is 32.1. The molecule has 14 rings (SSSR count). The molecule has 0 spiro atoms. The first kappa shape index (κ1) is 43.5. The zero-order valence-corrected chi connectivity index (χ0v) is 41.6. The van der Waals surface area contributed by atoms with Crippen molar-refractivity contribution in [1.29, 1.82) is 0 Å². The van der Waals surface area contributed by atoms with Crippen molar-refractivity contribution < 1.29 is 0 Å². The molecule has 0 fully saturated rings. The minimum absolute atomic E-state index is 0.568. The van der Waals surface area contributed by atoms with Gasteiger partial charge in [0.15, 0.2) is 17.5 Å². The van der Waals surface area contributed by atoms with Gasteiger partial charge in [-0.3, -0.25) is 0 Å². The molecule has 9 aromatic carbocycles. The van der Waals surface area contributed by atoms with Crippen LogP contribution in [0, 0.1) is 0 Å². The first-order chi connectivity index (χ1) is 36.5. The molecule has 0 N–H and O–H groups in total. The summed E-state index contributed by atoms with van der Waals surface area (Å²) in [6, 6.07) is 83.7. The molecular formula is C67H43N5S2. The van der Waals surface area contributed by atoms with Crippen LogP contribution in [0.4, 0.5) is 0 Å². The van der Waals surface area contributed by atoms with Crippen molar-refractivity contribution >= 4 is 98.0 Å². The lowest BCUT2D eigenvalue weighted by molar-refractivity contribution is 0.987. The molecule has 0 radical (unpaired) electrons. The number of para-hydroxylation sites is 2. The van der Waals surface area contributed by atoms with E-state index in [0.29, 0.717) is 17.5 Å². The summed E-state index contributed by atoms with van der Waals surface area (Å²) in [5.41, 5.74) is 10.8. The van der Waals surface area contributed by atoms with Gasteiger partial charge in [-0.2, -0.15) is 0 Å². The second-order valence-corrected chi connectivity index (χ2v) is 20.7. The molecule has 348 valence electrons. The van der Waals surface area contributed by atoms with Crippen molar-refractivity contribution in [3.63, 3.8) is 0 Å². The van der Waals surface area contributed by atoms with E-state index >= 15 is 0 Å². The fourth-order valence-electron chi connectivity index (χ4n) is 10.7. The quantitative estimate of drug-likeness (QED) is 0.160. The van der Waals surface area contributed by atoms with Gasteiger partial charge in [-0.15, -0.1) is 22.7 Å². The molecule has 74 heavy (non-hydrogen) atoms. The third kappa shape index (κ3) is 7.32. The maximum atomic E-state index is 5.45. The van der Waals surface area contributed by atoms with Crippen LogP contribution in [0.3, 0.4) is 0 Å². The molecular weight excluding hydrogens is 939 g/mol. The van der Waals surface area contributed by atoms with E-state index < -0.39 is 0 Å². The van der Waals surface area contributed by atoms with Crippen molar-refractivity contribution in [2.45, 2.75) is 0 Å². The number of thiophene rings is 2. The second kappa shape index (κ2) is 17.8. The van der Waals surface area contributed by atoms with Crippen molar-refractivity contribution in [3.8, 4) is 67.8 Å². The molecule has 5 heterocycles. The van der Waals surface area contributed by atoms with E-state index in [1.54, 1.807) is 22.7 Å². The summed E-state index contributed by atoms with van der Waals surface area (Å²) in [5.74, 6) is 1.78. The molecule has 5 aromatic heterocycles. The van der Waals surface area contributed by atoms with Crippen molar-refractivity contribution in [2.75, 3.05) is 0 Å². The van der Waals surface area contributed by atoms with Crippen molar-refractivity contribution in [3.05, 3.63) is 247 Å². The number of hydrogen-bond acceptors (Lipinski definition) is 5. The lowest BCUT2D eigenvalue weighted by Gasteiger charge is -2.21. The van der Waals surface area contributed by atoms with Gasteiger partial charge in [-0.25, -0.2) is 15.0 Å². The monoisotopic (exact) mass is 981 g/mol. The second-order valence-electron chi connectivity index (χ2n) is 18.5. The lowest BCUT2D eigenvalue weighted by Crippen LogP contribution is -2.29. The molecule has 7 heteroatoms. The third-order valence-electron chi connectivity index (χ3n) is 14.1. The molecule has 0 bridgehead atoms. The Morgan fingerprint density at radius 3 is 1.31 bits per heavy atom. The van der Waals surface area contributed by atoms with Crippen LogP contribution in [-0.4, -0.2) is 24.1 Å². The zero-order valence-electron chi connectivity index (χ0n) is 40.0. The van der Waals surface area contributed by atoms with Crippen LogP contribution >= 0.6 is 22.7 Å². The van der Waals surface area contributed by atoms with Gasteiger partial charge >= 0.3 is 0 Å². The summed E-state index contributed by atoms with van der Waals surface area (Å²) in [7, 11) is 0. The summed E-state index contributed by atoms with van der Waals surface area (Å²) in [4.78, 5) is 16.2. The smallest absolute Gasteiger partial charge is 0.164 e. The van der Waals surface area contributed by atoms with Gasteiger partial charge in [0, 0.05) is 95.3 Å². The van der Waals surface area contributed by atoms with Gasteiger partial charge in [0.2, 0.25) is 0 Å². The van der Waals surface area contributed by atoms with E-state index in [1.165, 1.54) is 40.3 Å². The fourth-order valence-corrected chi connectivity index (χ4v) is 13.0. The Morgan fingerprint density at radius 2 is 0.757 bits per heavy atom. The van der Waals surface area contributed by atoms with Crippen LogP contribution in [0.1, 0.15) is 0 Å². The number of aromatic nitrogens is 5. The molecule has 0 aliphatic heterocycles. The molecule has 0 saturated carbocycles. The van der Waals surface area contributed by atoms with Gasteiger partial charge in [0.05, 0.1) is 16.7 Å². The van der Waals surface area contributed by atoms with Crippen molar-refractivity contribution in [1.82, 2.24) is 24.1 Å². The van der Waals surface area contributed by atoms with E-state index in [9.17, 15) is 0 Å². The number of rotatable bonds is 7. The predicted octanol–water partition coefficient (Wildman–Crippen LogP) is 16.8. The van der Waals surface area contributed by atoms with Gasteiger partial charge in [-0.05, 0) is 77.9 Å². The largest absolute Gasteiger partial charge is 0.310 e. The normalized spacial score (nSPS) is 11.6. The molecule has 0 aliphatic rings. The first-order valence-electron chi connectivity index (χ1n) is 24.6. The van der Waals surface area contributed by atoms with Crippen LogP contribution in [0.5, 0.6) is 0 Å². The standard InChI is InChI=1S/C67H43N5S2/c1-42-20-12-16-31-58-63(54-29-13-17-30-57(54)72(58)49-25-10-5-11-26-49)43(2)71(42)64-55(44-21-6-3-7-22-44)38-48(39-56(64)45-23-8-4-9-24-45)67-69-65(46-34-36-52-50-27-14-18-32-59(50)73-61(52)40-46)68-66(70-67)47-35-37-53-51-28-15-19-33-60(51)74-62(53)41-47/h3-41H,1-2H2. The van der Waals surface area contributed by atoms with E-state index in [1.807, 2.05) is 0 Å². The summed E-state index contributed by atoms with van der Waals surface area (Å²) in [6.45, 7) is 9.83. The summed E-state index contributed by atoms with van der Waals surface area (Å²) < 4.78 is 9.46. The third-order valence-corrected chi connectivity index (χ3v) is 16.4. The maximum Gasteiger partial charge on any atom is 0.164 e. The Bertz CT molecular complexity index is 4510. The molecule has 0 aliphatic carbocycles. The highest BCUT2D eigenvalue weighted by Crippen LogP contribution is 2.42. The van der Waals surface area contributed by atoms with Crippen LogP contribution in [0.15, 0.2) is 237 Å². The Morgan fingerprint density at radius 1 is 0.324 bits per heavy atom. The van der Waals surface area contributed by atoms with Crippen LogP contribution in [-0.2, 0) is 0 Å². The topological polar surface area (TPSA) is 48.5 Å². The van der Waals surface area contributed by atoms with Crippen LogP contribution in [0.25, 0.3) is 143 Å². The lowest BCUT2D eigenvalue weighted by atomic mass is 9.92. The fraction of sp³-hybridized carbons (Fsp3) is 0. The Labute approximate surface area is 434 Å². The van der Waals surface area contributed by atoms with Gasteiger partial charge in [-0.1, -0.05) is 183 Å². The molecule has 0 atom stereocenters. The molecule has 14 aromatic rings. The van der Waals surface area contributed by atoms with Gasteiger partial charge in [0.25, 0.3) is 0 Å². The highest BCUT2D eigenvalue weighted by molar-refractivity contribution is 7.26.